The van der Waals surface area contributed by atoms with Gasteiger partial charge in [-0.3, -0.25) is 4.98 Å². The summed E-state index contributed by atoms with van der Waals surface area (Å²) in [5, 5.41) is 0. The van der Waals surface area contributed by atoms with Gasteiger partial charge in [0, 0.05) is 50.4 Å². The summed E-state index contributed by atoms with van der Waals surface area (Å²) in [6.45, 7) is 8.26. The van der Waals surface area contributed by atoms with Gasteiger partial charge in [-0.15, -0.1) is 12.4 Å². The second-order valence-corrected chi connectivity index (χ2v) is 14.6. The summed E-state index contributed by atoms with van der Waals surface area (Å²) in [7, 11) is -7.78. The van der Waals surface area contributed by atoms with Crippen LogP contribution in [0.3, 0.4) is 0 Å². The zero-order valence-electron chi connectivity index (χ0n) is 24.3. The summed E-state index contributed by atoms with van der Waals surface area (Å²) in [5.41, 5.74) is 5.86. The molecule has 0 aliphatic carbocycles. The van der Waals surface area contributed by atoms with Crippen molar-refractivity contribution < 1.29 is 16.8 Å². The lowest BCUT2D eigenvalue weighted by Crippen LogP contribution is -2.40. The van der Waals surface area contributed by atoms with Crippen LogP contribution in [0.1, 0.15) is 22.5 Å². The van der Waals surface area contributed by atoms with Crippen LogP contribution >= 0.6 is 12.4 Å². The van der Waals surface area contributed by atoms with Gasteiger partial charge in [0.25, 0.3) is 0 Å². The minimum absolute atomic E-state index is 0. The van der Waals surface area contributed by atoms with Gasteiger partial charge in [-0.2, -0.15) is 8.61 Å². The van der Waals surface area contributed by atoms with E-state index in [4.69, 9.17) is 4.98 Å². The van der Waals surface area contributed by atoms with E-state index in [1.165, 1.54) is 8.61 Å². The largest absolute Gasteiger partial charge is 0.258 e. The van der Waals surface area contributed by atoms with Gasteiger partial charge >= 0.3 is 0 Å². The zero-order valence-corrected chi connectivity index (χ0v) is 26.8. The molecule has 1 aromatic heterocycles. The van der Waals surface area contributed by atoms with E-state index in [1.807, 2.05) is 56.3 Å². The normalized spacial score (nSPS) is 15.6. The molecule has 7 nitrogen and oxygen atoms in total. The molecule has 1 aliphatic heterocycles. The Bertz CT molecular complexity index is 1680. The minimum Gasteiger partial charge on any atom is -0.258 e. The number of fused-ring (bicyclic) bond motifs is 2. The summed E-state index contributed by atoms with van der Waals surface area (Å²) in [6.07, 6.45) is 0.800. The van der Waals surface area contributed by atoms with E-state index in [9.17, 15) is 16.8 Å². The van der Waals surface area contributed by atoms with E-state index in [0.717, 1.165) is 33.6 Å². The lowest BCUT2D eigenvalue weighted by atomic mass is 10.0. The van der Waals surface area contributed by atoms with E-state index in [-0.39, 0.29) is 48.4 Å². The number of hydrogen-bond donors (Lipinski definition) is 0. The molecule has 10 heteroatoms. The lowest BCUT2D eigenvalue weighted by Gasteiger charge is -2.28. The van der Waals surface area contributed by atoms with Gasteiger partial charge in [-0.25, -0.2) is 16.8 Å². The Balaban J connectivity index is 0.00000423. The van der Waals surface area contributed by atoms with Crippen LogP contribution in [-0.4, -0.2) is 56.6 Å². The van der Waals surface area contributed by atoms with Gasteiger partial charge in [-0.05, 0) is 66.9 Å². The second kappa shape index (κ2) is 13.5. The molecule has 2 heterocycles. The van der Waals surface area contributed by atoms with Gasteiger partial charge in [0.15, 0.2) is 0 Å². The van der Waals surface area contributed by atoms with E-state index < -0.39 is 20.0 Å². The van der Waals surface area contributed by atoms with Crippen LogP contribution in [0.15, 0.2) is 113 Å². The molecule has 0 radical (unpaired) electrons. The fourth-order valence-corrected chi connectivity index (χ4v) is 7.94. The predicted molar refractivity (Wildman–Crippen MR) is 173 cm³/mol. The van der Waals surface area contributed by atoms with Crippen molar-refractivity contribution in [3.63, 3.8) is 0 Å². The molecule has 1 aliphatic rings. The third kappa shape index (κ3) is 7.60. The SMILES string of the molecule is C=C1CN(S(=O)(=O)c2ccc(C)cc2)CCc2cc(-c3ccccc3)cc(n2)CCN(S(=O)(=O)c2ccc(C)cc2)C1.Cl. The predicted octanol–water partition coefficient (Wildman–Crippen LogP) is 5.82. The van der Waals surface area contributed by atoms with E-state index >= 15 is 0 Å². The third-order valence-electron chi connectivity index (χ3n) is 7.39. The molecule has 226 valence electrons. The first kappa shape index (κ1) is 32.6. The second-order valence-electron chi connectivity index (χ2n) is 10.8. The molecule has 0 fully saturated rings. The topological polar surface area (TPSA) is 87.7 Å². The van der Waals surface area contributed by atoms with Gasteiger partial charge in [0.2, 0.25) is 20.0 Å². The molecule has 0 saturated carbocycles. The Morgan fingerprint density at radius 3 is 1.47 bits per heavy atom. The average molecular weight is 638 g/mol. The maximum atomic E-state index is 13.8. The minimum atomic E-state index is -3.89. The van der Waals surface area contributed by atoms with Crippen LogP contribution in [0, 0.1) is 13.8 Å². The van der Waals surface area contributed by atoms with E-state index in [2.05, 4.69) is 6.58 Å². The summed E-state index contributed by atoms with van der Waals surface area (Å²) < 4.78 is 58.1. The van der Waals surface area contributed by atoms with Crippen LogP contribution in [0.25, 0.3) is 11.1 Å². The monoisotopic (exact) mass is 637 g/mol. The van der Waals surface area contributed by atoms with Crippen molar-refractivity contribution in [3.05, 3.63) is 126 Å². The molecule has 0 N–H and O–H groups in total. The number of aromatic nitrogens is 1. The highest BCUT2D eigenvalue weighted by molar-refractivity contribution is 7.89. The highest BCUT2D eigenvalue weighted by atomic mass is 35.5. The molecule has 43 heavy (non-hydrogen) atoms. The number of sulfonamides is 2. The number of benzene rings is 3. The van der Waals surface area contributed by atoms with E-state index in [1.54, 1.807) is 48.5 Å². The van der Waals surface area contributed by atoms with Gasteiger partial charge in [0.1, 0.15) is 0 Å². The maximum absolute atomic E-state index is 13.8. The summed E-state index contributed by atoms with van der Waals surface area (Å²) in [4.78, 5) is 5.22. The molecular formula is C33H36ClN3O4S2. The summed E-state index contributed by atoms with van der Waals surface area (Å²) >= 11 is 0. The molecule has 2 bridgehead atoms. The van der Waals surface area contributed by atoms with Crippen molar-refractivity contribution in [1.82, 2.24) is 13.6 Å². The number of halogens is 1. The first-order valence-corrected chi connectivity index (χ1v) is 16.8. The smallest absolute Gasteiger partial charge is 0.243 e. The van der Waals surface area contributed by atoms with Gasteiger partial charge in [-0.1, -0.05) is 72.3 Å². The Morgan fingerprint density at radius 2 is 1.05 bits per heavy atom. The third-order valence-corrected chi connectivity index (χ3v) is 11.1. The van der Waals surface area contributed by atoms with Crippen molar-refractivity contribution in [2.24, 2.45) is 0 Å². The molecular weight excluding hydrogens is 602 g/mol. The zero-order chi connectivity index (χ0) is 29.9. The highest BCUT2D eigenvalue weighted by Crippen LogP contribution is 2.25. The Kier molecular flexibility index (Phi) is 10.2. The van der Waals surface area contributed by atoms with Crippen LogP contribution in [0.4, 0.5) is 0 Å². The van der Waals surface area contributed by atoms with Crippen molar-refractivity contribution >= 4 is 32.5 Å². The molecule has 0 saturated heterocycles. The average Bonchev–Trinajstić information content (AvgIpc) is 2.97. The maximum Gasteiger partial charge on any atom is 0.243 e. The Hall–Kier alpha value is -3.34. The lowest BCUT2D eigenvalue weighted by molar-refractivity contribution is 0.401. The number of aryl methyl sites for hydroxylation is 2. The Morgan fingerprint density at radius 1 is 0.628 bits per heavy atom. The van der Waals surface area contributed by atoms with Crippen molar-refractivity contribution in [2.45, 2.75) is 36.5 Å². The van der Waals surface area contributed by atoms with Gasteiger partial charge in [0.05, 0.1) is 9.79 Å². The van der Waals surface area contributed by atoms with Crippen molar-refractivity contribution in [3.8, 4) is 11.1 Å². The quantitative estimate of drug-likeness (QED) is 0.257. The standard InChI is InChI=1S/C33H35N3O4S2.ClH/c1-25-9-13-32(14-10-25)41(37,38)35-19-17-30-21-29(28-7-5-4-6-8-28)22-31(34-30)18-20-36(24-27(3)23-35)42(39,40)33-15-11-26(2)12-16-33;/h4-16,21-22H,3,17-20,23-24H2,1-2H3;1H. The fourth-order valence-electron chi connectivity index (χ4n) is 5.02. The molecule has 0 amide bonds. The molecule has 0 atom stereocenters. The van der Waals surface area contributed by atoms with Crippen LogP contribution < -0.4 is 0 Å². The first-order valence-electron chi connectivity index (χ1n) is 13.9. The fraction of sp³-hybridized carbons (Fsp3) is 0.242. The number of nitrogens with zero attached hydrogens (tertiary/aromatic N) is 3. The van der Waals surface area contributed by atoms with Crippen LogP contribution in [0.5, 0.6) is 0 Å². The number of pyridine rings is 1. The van der Waals surface area contributed by atoms with Crippen LogP contribution in [0.2, 0.25) is 0 Å². The number of hydrogen-bond acceptors (Lipinski definition) is 5. The van der Waals surface area contributed by atoms with Crippen LogP contribution in [-0.2, 0) is 32.9 Å². The highest BCUT2D eigenvalue weighted by Gasteiger charge is 2.29. The molecule has 3 aromatic carbocycles. The summed E-state index contributed by atoms with van der Waals surface area (Å²) in [6, 6.07) is 27.3. The van der Waals surface area contributed by atoms with E-state index in [0.29, 0.717) is 18.4 Å². The Labute approximate surface area is 261 Å². The molecule has 4 aromatic rings. The van der Waals surface area contributed by atoms with Gasteiger partial charge < -0.3 is 0 Å². The summed E-state index contributed by atoms with van der Waals surface area (Å²) in [5.74, 6) is 0. The van der Waals surface area contributed by atoms with Crippen molar-refractivity contribution in [2.75, 3.05) is 26.2 Å². The first-order chi connectivity index (χ1) is 20.0. The molecule has 5 rings (SSSR count). The molecule has 0 spiro atoms. The molecule has 0 unspecified atom stereocenters. The van der Waals surface area contributed by atoms with Crippen molar-refractivity contribution in [1.29, 1.82) is 0 Å². The number of rotatable bonds is 5.